The quantitative estimate of drug-likeness (QED) is 0.319. The SMILES string of the molecule is OCCOCC1(O)CN(COCc2ccc(F)c(F)c2Nc2ccc(I)cc2F)C1. The molecule has 2 aromatic carbocycles. The number of aliphatic hydroxyl groups is 2. The first kappa shape index (κ1) is 23.2. The molecule has 1 aliphatic heterocycles. The summed E-state index contributed by atoms with van der Waals surface area (Å²) in [6, 6.07) is 6.75. The van der Waals surface area contributed by atoms with Crippen LogP contribution in [0.3, 0.4) is 0 Å². The Kier molecular flexibility index (Phi) is 7.93. The maximum Gasteiger partial charge on any atom is 0.182 e. The number of β-amino-alcohol motifs (C(OH)–C–C–N with tert-alkyl or cyclic N) is 1. The Morgan fingerprint density at radius 2 is 1.87 bits per heavy atom. The van der Waals surface area contributed by atoms with E-state index in [-0.39, 0.29) is 44.5 Å². The van der Waals surface area contributed by atoms with E-state index in [1.165, 1.54) is 18.2 Å². The zero-order chi connectivity index (χ0) is 21.7. The highest BCUT2D eigenvalue weighted by atomic mass is 127. The summed E-state index contributed by atoms with van der Waals surface area (Å²) >= 11 is 1.95. The Morgan fingerprint density at radius 1 is 1.10 bits per heavy atom. The van der Waals surface area contributed by atoms with Crippen LogP contribution in [0.4, 0.5) is 24.5 Å². The minimum absolute atomic E-state index is 0.0249. The van der Waals surface area contributed by atoms with Gasteiger partial charge in [-0.05, 0) is 46.9 Å². The van der Waals surface area contributed by atoms with Crippen molar-refractivity contribution in [2.24, 2.45) is 0 Å². The summed E-state index contributed by atoms with van der Waals surface area (Å²) in [5.41, 5.74) is -0.825. The van der Waals surface area contributed by atoms with E-state index in [2.05, 4.69) is 5.32 Å². The fourth-order valence-electron chi connectivity index (χ4n) is 3.15. The lowest BCUT2D eigenvalue weighted by atomic mass is 9.96. The van der Waals surface area contributed by atoms with E-state index < -0.39 is 23.1 Å². The van der Waals surface area contributed by atoms with E-state index in [0.29, 0.717) is 22.2 Å². The molecule has 0 unspecified atom stereocenters. The van der Waals surface area contributed by atoms with Gasteiger partial charge in [-0.1, -0.05) is 6.07 Å². The molecule has 2 aromatic rings. The highest BCUT2D eigenvalue weighted by molar-refractivity contribution is 14.1. The summed E-state index contributed by atoms with van der Waals surface area (Å²) in [6.45, 7) is 0.943. The Bertz CT molecular complexity index is 881. The van der Waals surface area contributed by atoms with Crippen molar-refractivity contribution in [1.29, 1.82) is 0 Å². The first-order chi connectivity index (χ1) is 14.3. The molecule has 6 nitrogen and oxygen atoms in total. The summed E-state index contributed by atoms with van der Waals surface area (Å²) in [4.78, 5) is 1.81. The van der Waals surface area contributed by atoms with Crippen LogP contribution in [0.1, 0.15) is 5.56 Å². The molecule has 0 aliphatic carbocycles. The maximum atomic E-state index is 14.4. The van der Waals surface area contributed by atoms with Crippen LogP contribution in [0.5, 0.6) is 0 Å². The average molecular weight is 538 g/mol. The number of halogens is 4. The lowest BCUT2D eigenvalue weighted by Gasteiger charge is -2.45. The summed E-state index contributed by atoms with van der Waals surface area (Å²) in [6.07, 6.45) is 0. The Morgan fingerprint density at radius 3 is 2.57 bits per heavy atom. The number of aliphatic hydroxyl groups excluding tert-OH is 1. The van der Waals surface area contributed by atoms with Crippen molar-refractivity contribution < 1.29 is 32.9 Å². The van der Waals surface area contributed by atoms with Gasteiger partial charge in [0.1, 0.15) is 11.4 Å². The number of anilines is 2. The number of nitrogens with zero attached hydrogens (tertiary/aromatic N) is 1. The molecule has 1 saturated heterocycles. The van der Waals surface area contributed by atoms with Crippen LogP contribution in [-0.2, 0) is 16.1 Å². The number of hydrogen-bond donors (Lipinski definition) is 3. The number of benzene rings is 2. The highest BCUT2D eigenvalue weighted by Gasteiger charge is 2.41. The van der Waals surface area contributed by atoms with Crippen LogP contribution < -0.4 is 5.32 Å². The first-order valence-electron chi connectivity index (χ1n) is 9.21. The van der Waals surface area contributed by atoms with Crippen molar-refractivity contribution in [1.82, 2.24) is 4.90 Å². The maximum absolute atomic E-state index is 14.4. The normalized spacial score (nSPS) is 15.8. The third-order valence-corrected chi connectivity index (χ3v) is 5.22. The molecule has 0 aromatic heterocycles. The third kappa shape index (κ3) is 5.83. The molecule has 1 aliphatic rings. The molecule has 1 fully saturated rings. The molecule has 0 amide bonds. The van der Waals surface area contributed by atoms with Gasteiger partial charge in [0.25, 0.3) is 0 Å². The van der Waals surface area contributed by atoms with Gasteiger partial charge in [-0.2, -0.15) is 0 Å². The van der Waals surface area contributed by atoms with E-state index in [4.69, 9.17) is 14.6 Å². The minimum Gasteiger partial charge on any atom is -0.394 e. The van der Waals surface area contributed by atoms with Crippen LogP contribution >= 0.6 is 22.6 Å². The second kappa shape index (κ2) is 10.2. The van der Waals surface area contributed by atoms with E-state index in [0.717, 1.165) is 6.07 Å². The molecule has 0 radical (unpaired) electrons. The van der Waals surface area contributed by atoms with Crippen LogP contribution in [0.25, 0.3) is 0 Å². The molecule has 1 heterocycles. The number of likely N-dealkylation sites (tertiary alicyclic amines) is 1. The number of nitrogens with one attached hydrogen (secondary N) is 1. The molecule has 164 valence electrons. The highest BCUT2D eigenvalue weighted by Crippen LogP contribution is 2.29. The molecular weight excluding hydrogens is 516 g/mol. The van der Waals surface area contributed by atoms with Crippen molar-refractivity contribution >= 4 is 34.0 Å². The lowest BCUT2D eigenvalue weighted by Crippen LogP contribution is -2.64. The molecule has 3 N–H and O–H groups in total. The predicted molar refractivity (Wildman–Crippen MR) is 113 cm³/mol. The smallest absolute Gasteiger partial charge is 0.182 e. The second-order valence-electron chi connectivity index (χ2n) is 7.11. The van der Waals surface area contributed by atoms with Gasteiger partial charge in [-0.25, -0.2) is 13.2 Å². The average Bonchev–Trinajstić information content (AvgIpc) is 2.67. The van der Waals surface area contributed by atoms with E-state index >= 15 is 0 Å². The molecular formula is C20H22F3IN2O4. The number of ether oxygens (including phenoxy) is 2. The number of rotatable bonds is 10. The van der Waals surface area contributed by atoms with Crippen LogP contribution in [0.2, 0.25) is 0 Å². The summed E-state index contributed by atoms with van der Waals surface area (Å²) < 4.78 is 53.6. The third-order valence-electron chi connectivity index (χ3n) is 4.55. The van der Waals surface area contributed by atoms with Gasteiger partial charge in [0.05, 0.1) is 44.5 Å². The molecule has 30 heavy (non-hydrogen) atoms. The first-order valence-corrected chi connectivity index (χ1v) is 10.3. The van der Waals surface area contributed by atoms with Gasteiger partial charge >= 0.3 is 0 Å². The number of hydrogen-bond acceptors (Lipinski definition) is 6. The van der Waals surface area contributed by atoms with Crippen LogP contribution in [0, 0.1) is 21.0 Å². The molecule has 0 bridgehead atoms. The van der Waals surface area contributed by atoms with Crippen molar-refractivity contribution in [2.45, 2.75) is 12.2 Å². The van der Waals surface area contributed by atoms with Crippen LogP contribution in [-0.4, -0.2) is 60.4 Å². The summed E-state index contributed by atoms with van der Waals surface area (Å²) in [5.74, 6) is -2.75. The van der Waals surface area contributed by atoms with Crippen molar-refractivity contribution in [3.8, 4) is 0 Å². The summed E-state index contributed by atoms with van der Waals surface area (Å²) in [5, 5.41) is 21.5. The predicted octanol–water partition coefficient (Wildman–Crippen LogP) is 2.98. The molecule has 3 rings (SSSR count). The second-order valence-corrected chi connectivity index (χ2v) is 8.36. The van der Waals surface area contributed by atoms with E-state index in [1.807, 2.05) is 27.5 Å². The van der Waals surface area contributed by atoms with Gasteiger partial charge < -0.3 is 25.0 Å². The summed E-state index contributed by atoms with van der Waals surface area (Å²) in [7, 11) is 0. The van der Waals surface area contributed by atoms with Gasteiger partial charge in [-0.15, -0.1) is 0 Å². The molecule has 0 spiro atoms. The molecule has 0 atom stereocenters. The van der Waals surface area contributed by atoms with Gasteiger partial charge in [-0.3, -0.25) is 4.90 Å². The van der Waals surface area contributed by atoms with Gasteiger partial charge in [0.2, 0.25) is 0 Å². The van der Waals surface area contributed by atoms with Gasteiger partial charge in [0.15, 0.2) is 11.6 Å². The van der Waals surface area contributed by atoms with Crippen molar-refractivity contribution in [3.05, 3.63) is 56.9 Å². The Balaban J connectivity index is 1.58. The van der Waals surface area contributed by atoms with E-state index in [9.17, 15) is 18.3 Å². The Hall–Kier alpha value is -1.44. The minimum atomic E-state index is -1.12. The zero-order valence-electron chi connectivity index (χ0n) is 16.0. The van der Waals surface area contributed by atoms with Crippen molar-refractivity contribution in [3.63, 3.8) is 0 Å². The zero-order valence-corrected chi connectivity index (χ0v) is 18.2. The van der Waals surface area contributed by atoms with Crippen molar-refractivity contribution in [2.75, 3.05) is 45.0 Å². The Labute approximate surface area is 185 Å². The largest absolute Gasteiger partial charge is 0.394 e. The lowest BCUT2D eigenvalue weighted by molar-refractivity contribution is -0.168. The fraction of sp³-hybridized carbons (Fsp3) is 0.400. The topological polar surface area (TPSA) is 74.2 Å². The van der Waals surface area contributed by atoms with Crippen LogP contribution in [0.15, 0.2) is 30.3 Å². The monoisotopic (exact) mass is 538 g/mol. The van der Waals surface area contributed by atoms with E-state index in [1.54, 1.807) is 6.07 Å². The standard InChI is InChI=1S/C20H22F3IN2O4/c21-15-3-1-13(8-30-12-26-9-20(28,10-26)11-29-6-5-27)19(18(15)23)25-17-4-2-14(24)7-16(17)22/h1-4,7,25,27-28H,5-6,8-12H2. The van der Waals surface area contributed by atoms with Gasteiger partial charge in [0, 0.05) is 22.2 Å². The molecule has 0 saturated carbocycles. The molecule has 10 heteroatoms. The fourth-order valence-corrected chi connectivity index (χ4v) is 3.60.